The van der Waals surface area contributed by atoms with Crippen LogP contribution in [0.4, 0.5) is 10.1 Å². The highest BCUT2D eigenvalue weighted by atomic mass is 19.1. The maximum atomic E-state index is 13.5. The van der Waals surface area contributed by atoms with Crippen LogP contribution >= 0.6 is 0 Å². The van der Waals surface area contributed by atoms with Crippen molar-refractivity contribution >= 4 is 11.6 Å². The summed E-state index contributed by atoms with van der Waals surface area (Å²) in [5.74, 6) is -0.940. The first-order valence-electron chi connectivity index (χ1n) is 6.41. The highest BCUT2D eigenvalue weighted by Gasteiger charge is 2.39. The Morgan fingerprint density at radius 1 is 1.50 bits per heavy atom. The highest BCUT2D eigenvalue weighted by Crippen LogP contribution is 2.31. The van der Waals surface area contributed by atoms with Crippen LogP contribution in [0.2, 0.25) is 0 Å². The number of nitrogens with two attached hydrogens (primary N) is 1. The molecule has 0 radical (unpaired) electrons. The third kappa shape index (κ3) is 2.64. The van der Waals surface area contributed by atoms with Gasteiger partial charge in [0.15, 0.2) is 0 Å². The zero-order valence-electron chi connectivity index (χ0n) is 11.0. The van der Waals surface area contributed by atoms with Gasteiger partial charge in [0.2, 0.25) is 5.91 Å². The Hall–Kier alpha value is -1.97. The number of amides is 1. The average Bonchev–Trinajstić information content (AvgIpc) is 2.48. The van der Waals surface area contributed by atoms with Gasteiger partial charge in [-0.15, -0.1) is 0 Å². The van der Waals surface area contributed by atoms with Crippen LogP contribution in [0, 0.1) is 22.6 Å². The van der Waals surface area contributed by atoms with E-state index >= 15 is 0 Å². The van der Waals surface area contributed by atoms with Crippen LogP contribution in [0.15, 0.2) is 18.2 Å². The van der Waals surface area contributed by atoms with E-state index in [1.54, 1.807) is 6.07 Å². The minimum Gasteiger partial charge on any atom is -0.381 e. The maximum absolute atomic E-state index is 13.5. The monoisotopic (exact) mass is 277 g/mol. The molecule has 0 spiro atoms. The molecule has 1 saturated heterocycles. The van der Waals surface area contributed by atoms with Gasteiger partial charge in [-0.05, 0) is 25.0 Å². The van der Waals surface area contributed by atoms with Crippen molar-refractivity contribution in [1.29, 1.82) is 5.26 Å². The fourth-order valence-electron chi connectivity index (χ4n) is 2.28. The number of nitrogens with zero attached hydrogens (tertiary/aromatic N) is 1. The Bertz CT molecular complexity index is 548. The summed E-state index contributed by atoms with van der Waals surface area (Å²) in [7, 11) is 0. The van der Waals surface area contributed by atoms with Crippen molar-refractivity contribution < 1.29 is 13.9 Å². The lowest BCUT2D eigenvalue weighted by Gasteiger charge is -2.34. The molecule has 0 bridgehead atoms. The quantitative estimate of drug-likeness (QED) is 0.874. The lowest BCUT2D eigenvalue weighted by molar-refractivity contribution is -0.130. The van der Waals surface area contributed by atoms with E-state index < -0.39 is 11.2 Å². The van der Waals surface area contributed by atoms with Crippen LogP contribution in [-0.4, -0.2) is 25.7 Å². The molecule has 106 valence electrons. The number of hydrogen-bond acceptors (Lipinski definition) is 4. The number of anilines is 1. The standard InChI is InChI=1S/C14H16FN3O2/c15-11-2-1-3-12(10(11)8-16)18-13(19)14(9-17)4-6-20-7-5-14/h1-3H,4-7,9,17H2,(H,18,19). The van der Waals surface area contributed by atoms with Crippen molar-refractivity contribution in [3.05, 3.63) is 29.6 Å². The highest BCUT2D eigenvalue weighted by molar-refractivity contribution is 5.96. The molecular formula is C14H16FN3O2. The van der Waals surface area contributed by atoms with Crippen molar-refractivity contribution in [2.24, 2.45) is 11.1 Å². The molecule has 3 N–H and O–H groups in total. The van der Waals surface area contributed by atoms with Crippen LogP contribution in [0.25, 0.3) is 0 Å². The van der Waals surface area contributed by atoms with Gasteiger partial charge in [0.25, 0.3) is 0 Å². The van der Waals surface area contributed by atoms with E-state index in [-0.39, 0.29) is 23.7 Å². The predicted octanol–water partition coefficient (Wildman–Crippen LogP) is 1.39. The number of nitriles is 1. The number of hydrogen-bond donors (Lipinski definition) is 2. The molecule has 6 heteroatoms. The largest absolute Gasteiger partial charge is 0.381 e. The molecule has 1 aliphatic heterocycles. The summed E-state index contributed by atoms with van der Waals surface area (Å²) < 4.78 is 18.7. The molecule has 20 heavy (non-hydrogen) atoms. The van der Waals surface area contributed by atoms with E-state index in [2.05, 4.69) is 5.32 Å². The zero-order valence-corrected chi connectivity index (χ0v) is 11.0. The summed E-state index contributed by atoms with van der Waals surface area (Å²) in [6, 6.07) is 5.89. The molecule has 1 fully saturated rings. The molecule has 1 aromatic carbocycles. The molecule has 0 aliphatic carbocycles. The molecule has 5 nitrogen and oxygen atoms in total. The van der Waals surface area contributed by atoms with Crippen molar-refractivity contribution in [2.45, 2.75) is 12.8 Å². The molecule has 0 saturated carbocycles. The van der Waals surface area contributed by atoms with Gasteiger partial charge >= 0.3 is 0 Å². The smallest absolute Gasteiger partial charge is 0.232 e. The summed E-state index contributed by atoms with van der Waals surface area (Å²) in [6.45, 7) is 1.14. The van der Waals surface area contributed by atoms with E-state index in [1.807, 2.05) is 0 Å². The fourth-order valence-corrected chi connectivity index (χ4v) is 2.28. The Balaban J connectivity index is 2.23. The number of halogens is 1. The van der Waals surface area contributed by atoms with E-state index in [0.29, 0.717) is 26.1 Å². The molecular weight excluding hydrogens is 261 g/mol. The van der Waals surface area contributed by atoms with Crippen molar-refractivity contribution in [1.82, 2.24) is 0 Å². The molecule has 1 aliphatic rings. The van der Waals surface area contributed by atoms with Gasteiger partial charge in [0.05, 0.1) is 11.1 Å². The van der Waals surface area contributed by atoms with Gasteiger partial charge in [0.1, 0.15) is 17.4 Å². The SMILES string of the molecule is N#Cc1c(F)cccc1NC(=O)C1(CN)CCOCC1. The van der Waals surface area contributed by atoms with Gasteiger partial charge in [-0.1, -0.05) is 6.07 Å². The molecule has 0 aromatic heterocycles. The summed E-state index contributed by atoms with van der Waals surface area (Å²) in [5.41, 5.74) is 5.04. The topological polar surface area (TPSA) is 88.1 Å². The Morgan fingerprint density at radius 2 is 2.20 bits per heavy atom. The molecule has 1 amide bonds. The van der Waals surface area contributed by atoms with E-state index in [9.17, 15) is 9.18 Å². The van der Waals surface area contributed by atoms with Crippen molar-refractivity contribution in [2.75, 3.05) is 25.1 Å². The Morgan fingerprint density at radius 3 is 2.80 bits per heavy atom. The second-order valence-corrected chi connectivity index (χ2v) is 4.83. The van der Waals surface area contributed by atoms with Crippen molar-refractivity contribution in [3.63, 3.8) is 0 Å². The lowest BCUT2D eigenvalue weighted by Crippen LogP contribution is -2.46. The van der Waals surface area contributed by atoms with Gasteiger partial charge in [-0.25, -0.2) is 4.39 Å². The first-order valence-corrected chi connectivity index (χ1v) is 6.41. The first kappa shape index (κ1) is 14.4. The predicted molar refractivity (Wildman–Crippen MR) is 71.3 cm³/mol. The molecule has 1 aromatic rings. The Kier molecular flexibility index (Phi) is 4.32. The molecule has 0 atom stereocenters. The summed E-state index contributed by atoms with van der Waals surface area (Å²) >= 11 is 0. The summed E-state index contributed by atoms with van der Waals surface area (Å²) in [4.78, 5) is 12.4. The van der Waals surface area contributed by atoms with E-state index in [4.69, 9.17) is 15.7 Å². The van der Waals surface area contributed by atoms with Crippen LogP contribution in [0.5, 0.6) is 0 Å². The third-order valence-electron chi connectivity index (χ3n) is 3.70. The normalized spacial score (nSPS) is 17.2. The van der Waals surface area contributed by atoms with Crippen LogP contribution < -0.4 is 11.1 Å². The number of carbonyl (C=O) groups is 1. The second kappa shape index (κ2) is 5.99. The van der Waals surface area contributed by atoms with E-state index in [1.165, 1.54) is 18.2 Å². The number of carbonyl (C=O) groups excluding carboxylic acids is 1. The molecule has 0 unspecified atom stereocenters. The third-order valence-corrected chi connectivity index (χ3v) is 3.70. The molecule has 2 rings (SSSR count). The van der Waals surface area contributed by atoms with Crippen LogP contribution in [0.3, 0.4) is 0 Å². The van der Waals surface area contributed by atoms with Gasteiger partial charge < -0.3 is 15.8 Å². The number of ether oxygens (including phenoxy) is 1. The lowest BCUT2D eigenvalue weighted by atomic mass is 9.79. The average molecular weight is 277 g/mol. The first-order chi connectivity index (χ1) is 9.63. The molecule has 1 heterocycles. The van der Waals surface area contributed by atoms with Gasteiger partial charge in [-0.2, -0.15) is 5.26 Å². The van der Waals surface area contributed by atoms with E-state index in [0.717, 1.165) is 0 Å². The minimum atomic E-state index is -0.711. The van der Waals surface area contributed by atoms with Crippen LogP contribution in [0.1, 0.15) is 18.4 Å². The minimum absolute atomic E-state index is 0.167. The summed E-state index contributed by atoms with van der Waals surface area (Å²) in [6.07, 6.45) is 1.04. The number of nitrogens with one attached hydrogen (secondary N) is 1. The van der Waals surface area contributed by atoms with Gasteiger partial charge in [-0.3, -0.25) is 4.79 Å². The Labute approximate surface area is 116 Å². The zero-order chi connectivity index (χ0) is 14.6. The van der Waals surface area contributed by atoms with Crippen molar-refractivity contribution in [3.8, 4) is 6.07 Å². The summed E-state index contributed by atoms with van der Waals surface area (Å²) in [5, 5.41) is 11.6. The van der Waals surface area contributed by atoms with Crippen LogP contribution in [-0.2, 0) is 9.53 Å². The van der Waals surface area contributed by atoms with Gasteiger partial charge in [0, 0.05) is 19.8 Å². The maximum Gasteiger partial charge on any atom is 0.232 e. The second-order valence-electron chi connectivity index (χ2n) is 4.83. The fraction of sp³-hybridized carbons (Fsp3) is 0.429. The number of benzene rings is 1. The number of rotatable bonds is 3.